The van der Waals surface area contributed by atoms with Gasteiger partial charge in [-0.05, 0) is 31.6 Å². The first-order valence-electron chi connectivity index (χ1n) is 7.38. The minimum Gasteiger partial charge on any atom is -0.480 e. The Hall–Kier alpha value is -1.30. The fourth-order valence-corrected chi connectivity index (χ4v) is 3.07. The van der Waals surface area contributed by atoms with Gasteiger partial charge in [-0.1, -0.05) is 12.8 Å². The van der Waals surface area contributed by atoms with Crippen molar-refractivity contribution in [2.75, 3.05) is 26.8 Å². The number of rotatable bonds is 4. The molecule has 0 aromatic heterocycles. The molecule has 0 bridgehead atoms. The zero-order valence-electron chi connectivity index (χ0n) is 12.1. The van der Waals surface area contributed by atoms with Crippen LogP contribution in [0.25, 0.3) is 0 Å². The van der Waals surface area contributed by atoms with Crippen molar-refractivity contribution in [3.05, 3.63) is 0 Å². The molecule has 2 rings (SSSR count). The zero-order chi connectivity index (χ0) is 14.6. The maximum Gasteiger partial charge on any atom is 0.329 e. The molecule has 2 fully saturated rings. The molecule has 2 aliphatic rings. The van der Waals surface area contributed by atoms with E-state index in [9.17, 15) is 14.7 Å². The van der Waals surface area contributed by atoms with Crippen LogP contribution in [0.15, 0.2) is 0 Å². The monoisotopic (exact) mass is 284 g/mol. The molecular formula is C14H24N2O4. The van der Waals surface area contributed by atoms with Crippen LogP contribution in [0.2, 0.25) is 0 Å². The molecule has 1 aliphatic heterocycles. The van der Waals surface area contributed by atoms with Crippen LogP contribution in [0.1, 0.15) is 38.5 Å². The number of urea groups is 1. The molecule has 1 aliphatic carbocycles. The summed E-state index contributed by atoms with van der Waals surface area (Å²) in [7, 11) is 1.73. The van der Waals surface area contributed by atoms with Gasteiger partial charge >= 0.3 is 12.0 Å². The predicted octanol–water partition coefficient (Wildman–Crippen LogP) is 1.45. The van der Waals surface area contributed by atoms with Gasteiger partial charge in [0.1, 0.15) is 5.54 Å². The molecule has 0 aromatic carbocycles. The fourth-order valence-electron chi connectivity index (χ4n) is 3.07. The van der Waals surface area contributed by atoms with Crippen molar-refractivity contribution in [3.63, 3.8) is 0 Å². The third-order valence-corrected chi connectivity index (χ3v) is 4.43. The number of carboxylic acids is 1. The molecule has 1 heterocycles. The molecular weight excluding hydrogens is 260 g/mol. The number of hydrogen-bond acceptors (Lipinski definition) is 3. The van der Waals surface area contributed by atoms with Gasteiger partial charge in [0.05, 0.1) is 0 Å². The Morgan fingerprint density at radius 2 is 1.90 bits per heavy atom. The first-order valence-corrected chi connectivity index (χ1v) is 7.38. The highest BCUT2D eigenvalue weighted by molar-refractivity contribution is 5.86. The van der Waals surface area contributed by atoms with E-state index < -0.39 is 11.5 Å². The molecule has 1 saturated heterocycles. The van der Waals surface area contributed by atoms with Crippen molar-refractivity contribution in [3.8, 4) is 0 Å². The molecule has 0 spiro atoms. The second kappa shape index (κ2) is 6.43. The van der Waals surface area contributed by atoms with E-state index in [0.29, 0.717) is 25.3 Å². The standard InChI is InChI=1S/C14H24N2O4/c1-16(10-11-4-8-20-9-5-11)13(19)15-14(12(17)18)6-2-3-7-14/h11H,2-10H2,1H3,(H,15,19)(H,17,18). The summed E-state index contributed by atoms with van der Waals surface area (Å²) in [6.45, 7) is 2.16. The van der Waals surface area contributed by atoms with E-state index >= 15 is 0 Å². The number of carboxylic acid groups (broad SMARTS) is 1. The highest BCUT2D eigenvalue weighted by atomic mass is 16.5. The Morgan fingerprint density at radius 1 is 1.30 bits per heavy atom. The van der Waals surface area contributed by atoms with E-state index in [1.165, 1.54) is 0 Å². The average molecular weight is 284 g/mol. The number of amides is 2. The van der Waals surface area contributed by atoms with E-state index in [-0.39, 0.29) is 6.03 Å². The number of aliphatic carboxylic acids is 1. The van der Waals surface area contributed by atoms with Crippen LogP contribution in [-0.2, 0) is 9.53 Å². The zero-order valence-corrected chi connectivity index (χ0v) is 12.1. The van der Waals surface area contributed by atoms with E-state index in [4.69, 9.17) is 4.74 Å². The van der Waals surface area contributed by atoms with Crippen molar-refractivity contribution in [1.82, 2.24) is 10.2 Å². The van der Waals surface area contributed by atoms with Crippen molar-refractivity contribution >= 4 is 12.0 Å². The highest BCUT2D eigenvalue weighted by Gasteiger charge is 2.43. The number of nitrogens with one attached hydrogen (secondary N) is 1. The summed E-state index contributed by atoms with van der Waals surface area (Å²) in [6.07, 6.45) is 4.69. The topological polar surface area (TPSA) is 78.9 Å². The number of hydrogen-bond donors (Lipinski definition) is 2. The minimum atomic E-state index is -1.05. The lowest BCUT2D eigenvalue weighted by molar-refractivity contribution is -0.144. The molecule has 1 saturated carbocycles. The Bertz CT molecular complexity index is 360. The Kier molecular flexibility index (Phi) is 4.86. The highest BCUT2D eigenvalue weighted by Crippen LogP contribution is 2.30. The molecule has 0 unspecified atom stereocenters. The van der Waals surface area contributed by atoms with E-state index in [1.807, 2.05) is 0 Å². The number of ether oxygens (including phenoxy) is 1. The van der Waals surface area contributed by atoms with E-state index in [1.54, 1.807) is 11.9 Å². The Balaban J connectivity index is 1.87. The molecule has 2 N–H and O–H groups in total. The maximum absolute atomic E-state index is 12.2. The lowest BCUT2D eigenvalue weighted by Crippen LogP contribution is -2.56. The third kappa shape index (κ3) is 3.42. The van der Waals surface area contributed by atoms with Crippen molar-refractivity contribution < 1.29 is 19.4 Å². The smallest absolute Gasteiger partial charge is 0.329 e. The SMILES string of the molecule is CN(CC1CCOCC1)C(=O)NC1(C(=O)O)CCCC1. The normalized spacial score (nSPS) is 22.4. The van der Waals surface area contributed by atoms with Gasteiger partial charge in [0.2, 0.25) is 0 Å². The van der Waals surface area contributed by atoms with Gasteiger partial charge in [-0.15, -0.1) is 0 Å². The van der Waals surface area contributed by atoms with Crippen LogP contribution < -0.4 is 5.32 Å². The quantitative estimate of drug-likeness (QED) is 0.819. The summed E-state index contributed by atoms with van der Waals surface area (Å²) in [4.78, 5) is 25.2. The van der Waals surface area contributed by atoms with E-state index in [0.717, 1.165) is 38.9 Å². The Labute approximate surface area is 119 Å². The van der Waals surface area contributed by atoms with Gasteiger partial charge in [0, 0.05) is 26.8 Å². The summed E-state index contributed by atoms with van der Waals surface area (Å²) < 4.78 is 5.30. The van der Waals surface area contributed by atoms with Crippen LogP contribution >= 0.6 is 0 Å². The molecule has 0 aromatic rings. The number of carbonyl (C=O) groups excluding carboxylic acids is 1. The van der Waals surface area contributed by atoms with Crippen LogP contribution in [0.5, 0.6) is 0 Å². The van der Waals surface area contributed by atoms with Gasteiger partial charge < -0.3 is 20.1 Å². The summed E-state index contributed by atoms with van der Waals surface area (Å²) in [5.41, 5.74) is -1.05. The summed E-state index contributed by atoms with van der Waals surface area (Å²) >= 11 is 0. The van der Waals surface area contributed by atoms with Crippen molar-refractivity contribution in [2.45, 2.75) is 44.1 Å². The Morgan fingerprint density at radius 3 is 2.45 bits per heavy atom. The van der Waals surface area contributed by atoms with Crippen LogP contribution in [0.4, 0.5) is 4.79 Å². The number of carbonyl (C=O) groups is 2. The molecule has 20 heavy (non-hydrogen) atoms. The lowest BCUT2D eigenvalue weighted by Gasteiger charge is -2.31. The molecule has 0 radical (unpaired) electrons. The molecule has 114 valence electrons. The summed E-state index contributed by atoms with van der Waals surface area (Å²) in [5, 5.41) is 12.1. The molecule has 0 atom stereocenters. The molecule has 2 amide bonds. The lowest BCUT2D eigenvalue weighted by atomic mass is 9.98. The molecule has 6 nitrogen and oxygen atoms in total. The van der Waals surface area contributed by atoms with Crippen molar-refractivity contribution in [1.29, 1.82) is 0 Å². The largest absolute Gasteiger partial charge is 0.480 e. The first kappa shape index (κ1) is 15.1. The fraction of sp³-hybridized carbons (Fsp3) is 0.857. The number of nitrogens with zero attached hydrogens (tertiary/aromatic N) is 1. The predicted molar refractivity (Wildman–Crippen MR) is 73.5 cm³/mol. The van der Waals surface area contributed by atoms with Gasteiger partial charge in [0.25, 0.3) is 0 Å². The van der Waals surface area contributed by atoms with Crippen LogP contribution in [0.3, 0.4) is 0 Å². The van der Waals surface area contributed by atoms with Gasteiger partial charge in [-0.2, -0.15) is 0 Å². The first-order chi connectivity index (χ1) is 9.53. The second-order valence-electron chi connectivity index (χ2n) is 5.96. The van der Waals surface area contributed by atoms with Gasteiger partial charge in [-0.3, -0.25) is 0 Å². The second-order valence-corrected chi connectivity index (χ2v) is 5.96. The minimum absolute atomic E-state index is 0.277. The summed E-state index contributed by atoms with van der Waals surface area (Å²) in [5.74, 6) is -0.466. The average Bonchev–Trinajstić information content (AvgIpc) is 2.89. The maximum atomic E-state index is 12.2. The van der Waals surface area contributed by atoms with E-state index in [2.05, 4.69) is 5.32 Å². The van der Waals surface area contributed by atoms with Crippen LogP contribution in [0, 0.1) is 5.92 Å². The van der Waals surface area contributed by atoms with Crippen LogP contribution in [-0.4, -0.2) is 54.4 Å². The third-order valence-electron chi connectivity index (χ3n) is 4.43. The summed E-state index contributed by atoms with van der Waals surface area (Å²) in [6, 6.07) is -0.277. The van der Waals surface area contributed by atoms with Gasteiger partial charge in [-0.25, -0.2) is 9.59 Å². The molecule has 6 heteroatoms. The van der Waals surface area contributed by atoms with Crippen molar-refractivity contribution in [2.24, 2.45) is 5.92 Å². The van der Waals surface area contributed by atoms with Gasteiger partial charge in [0.15, 0.2) is 0 Å².